The van der Waals surface area contributed by atoms with Gasteiger partial charge in [0.1, 0.15) is 0 Å². The van der Waals surface area contributed by atoms with Gasteiger partial charge in [-0.15, -0.1) is 0 Å². The zero-order chi connectivity index (χ0) is 17.5. The molecule has 3 fully saturated rings. The number of likely N-dealkylation sites (N-methyl/N-ethyl adjacent to an activating group) is 1. The molecule has 3 heterocycles. The standard InChI is InChI=1S/C20H37N3O2/c1-2-22-11-3-4-19(22)16-21-20(24)6-5-17-7-12-23(13-8-17)18-9-14-25-15-10-18/h17-19H,2-16H2,1H3,(H,21,24)/t19-/m0/s1. The molecule has 1 N–H and O–H groups in total. The average molecular weight is 352 g/mol. The van der Waals surface area contributed by atoms with Crippen LogP contribution in [0.15, 0.2) is 0 Å². The van der Waals surface area contributed by atoms with Crippen molar-refractivity contribution in [3.8, 4) is 0 Å². The Morgan fingerprint density at radius 3 is 2.56 bits per heavy atom. The summed E-state index contributed by atoms with van der Waals surface area (Å²) in [5.74, 6) is 0.996. The van der Waals surface area contributed by atoms with Gasteiger partial charge in [0.25, 0.3) is 0 Å². The van der Waals surface area contributed by atoms with E-state index in [2.05, 4.69) is 22.0 Å². The zero-order valence-corrected chi connectivity index (χ0v) is 16.0. The first kappa shape index (κ1) is 19.1. The van der Waals surface area contributed by atoms with Crippen molar-refractivity contribution < 1.29 is 9.53 Å². The maximum Gasteiger partial charge on any atom is 0.220 e. The summed E-state index contributed by atoms with van der Waals surface area (Å²) in [7, 11) is 0. The fourth-order valence-corrected chi connectivity index (χ4v) is 4.85. The van der Waals surface area contributed by atoms with Gasteiger partial charge in [-0.05, 0) is 77.0 Å². The number of hydrogen-bond acceptors (Lipinski definition) is 4. The van der Waals surface area contributed by atoms with Gasteiger partial charge in [0.2, 0.25) is 5.91 Å². The van der Waals surface area contributed by atoms with E-state index in [-0.39, 0.29) is 5.91 Å². The van der Waals surface area contributed by atoms with E-state index in [1.54, 1.807) is 0 Å². The third-order valence-electron chi connectivity index (χ3n) is 6.58. The second-order valence-electron chi connectivity index (χ2n) is 8.09. The molecule has 3 aliphatic heterocycles. The molecule has 0 spiro atoms. The minimum atomic E-state index is 0.259. The molecular formula is C20H37N3O2. The van der Waals surface area contributed by atoms with Crippen LogP contribution in [0.25, 0.3) is 0 Å². The summed E-state index contributed by atoms with van der Waals surface area (Å²) >= 11 is 0. The molecule has 0 aromatic rings. The minimum Gasteiger partial charge on any atom is -0.381 e. The van der Waals surface area contributed by atoms with Gasteiger partial charge < -0.3 is 15.0 Å². The van der Waals surface area contributed by atoms with Crippen LogP contribution in [-0.4, -0.2) is 73.7 Å². The maximum absolute atomic E-state index is 12.2. The second-order valence-corrected chi connectivity index (χ2v) is 8.09. The lowest BCUT2D eigenvalue weighted by Crippen LogP contribution is -2.44. The summed E-state index contributed by atoms with van der Waals surface area (Å²) in [4.78, 5) is 17.4. The van der Waals surface area contributed by atoms with E-state index in [0.717, 1.165) is 44.7 Å². The molecule has 0 radical (unpaired) electrons. The number of likely N-dealkylation sites (tertiary alicyclic amines) is 2. The van der Waals surface area contributed by atoms with Crippen molar-refractivity contribution in [3.63, 3.8) is 0 Å². The van der Waals surface area contributed by atoms with Crippen molar-refractivity contribution in [2.45, 2.75) is 70.4 Å². The molecule has 0 saturated carbocycles. The van der Waals surface area contributed by atoms with Crippen LogP contribution >= 0.6 is 0 Å². The van der Waals surface area contributed by atoms with Gasteiger partial charge in [0.05, 0.1) is 0 Å². The van der Waals surface area contributed by atoms with E-state index in [0.29, 0.717) is 12.5 Å². The molecule has 3 aliphatic rings. The number of amides is 1. The highest BCUT2D eigenvalue weighted by molar-refractivity contribution is 5.75. The van der Waals surface area contributed by atoms with Gasteiger partial charge >= 0.3 is 0 Å². The zero-order valence-electron chi connectivity index (χ0n) is 16.0. The third-order valence-corrected chi connectivity index (χ3v) is 6.58. The van der Waals surface area contributed by atoms with E-state index in [9.17, 15) is 4.79 Å². The monoisotopic (exact) mass is 351 g/mol. The van der Waals surface area contributed by atoms with Crippen LogP contribution in [0.1, 0.15) is 58.3 Å². The summed E-state index contributed by atoms with van der Waals surface area (Å²) < 4.78 is 5.48. The van der Waals surface area contributed by atoms with Gasteiger partial charge in [-0.1, -0.05) is 6.92 Å². The van der Waals surface area contributed by atoms with E-state index in [1.807, 2.05) is 0 Å². The lowest BCUT2D eigenvalue weighted by Gasteiger charge is -2.39. The Morgan fingerprint density at radius 2 is 1.84 bits per heavy atom. The fraction of sp³-hybridized carbons (Fsp3) is 0.950. The van der Waals surface area contributed by atoms with Crippen LogP contribution in [0.2, 0.25) is 0 Å². The lowest BCUT2D eigenvalue weighted by atomic mass is 9.90. The molecule has 3 saturated heterocycles. The van der Waals surface area contributed by atoms with Gasteiger partial charge in [-0.3, -0.25) is 9.69 Å². The Morgan fingerprint density at radius 1 is 1.08 bits per heavy atom. The average Bonchev–Trinajstić information content (AvgIpc) is 3.13. The number of hydrogen-bond donors (Lipinski definition) is 1. The third kappa shape index (κ3) is 5.66. The van der Waals surface area contributed by atoms with Crippen LogP contribution in [0.5, 0.6) is 0 Å². The van der Waals surface area contributed by atoms with E-state index < -0.39 is 0 Å². The maximum atomic E-state index is 12.2. The Hall–Kier alpha value is -0.650. The molecular weight excluding hydrogens is 314 g/mol. The van der Waals surface area contributed by atoms with Crippen molar-refractivity contribution in [1.29, 1.82) is 0 Å². The highest BCUT2D eigenvalue weighted by Crippen LogP contribution is 2.26. The number of nitrogens with zero attached hydrogens (tertiary/aromatic N) is 2. The molecule has 5 nitrogen and oxygen atoms in total. The Bertz CT molecular complexity index is 404. The summed E-state index contributed by atoms with van der Waals surface area (Å²) in [6, 6.07) is 1.31. The van der Waals surface area contributed by atoms with Crippen molar-refractivity contribution >= 4 is 5.91 Å². The van der Waals surface area contributed by atoms with Crippen LogP contribution in [0.4, 0.5) is 0 Å². The molecule has 0 aromatic carbocycles. The number of ether oxygens (including phenoxy) is 1. The number of carbonyl (C=O) groups excluding carboxylic acids is 1. The molecule has 25 heavy (non-hydrogen) atoms. The summed E-state index contributed by atoms with van der Waals surface area (Å²) in [5.41, 5.74) is 0. The number of nitrogens with one attached hydrogen (secondary N) is 1. The van der Waals surface area contributed by atoms with Gasteiger partial charge in [0.15, 0.2) is 0 Å². The molecule has 1 atom stereocenters. The largest absolute Gasteiger partial charge is 0.381 e. The molecule has 5 heteroatoms. The van der Waals surface area contributed by atoms with Gasteiger partial charge in [-0.2, -0.15) is 0 Å². The summed E-state index contributed by atoms with van der Waals surface area (Å²) in [5, 5.41) is 3.18. The molecule has 1 amide bonds. The Kier molecular flexibility index (Phi) is 7.56. The van der Waals surface area contributed by atoms with Gasteiger partial charge in [-0.25, -0.2) is 0 Å². The molecule has 3 rings (SSSR count). The second kappa shape index (κ2) is 9.89. The predicted octanol–water partition coefficient (Wildman–Crippen LogP) is 2.26. The van der Waals surface area contributed by atoms with E-state index in [4.69, 9.17) is 4.74 Å². The normalized spacial score (nSPS) is 27.6. The predicted molar refractivity (Wildman–Crippen MR) is 101 cm³/mol. The number of carbonyl (C=O) groups is 1. The highest BCUT2D eigenvalue weighted by atomic mass is 16.5. The fourth-order valence-electron chi connectivity index (χ4n) is 4.85. The first-order chi connectivity index (χ1) is 12.3. The highest BCUT2D eigenvalue weighted by Gasteiger charge is 2.27. The molecule has 0 bridgehead atoms. The lowest BCUT2D eigenvalue weighted by molar-refractivity contribution is -0.121. The van der Waals surface area contributed by atoms with Crippen molar-refractivity contribution in [3.05, 3.63) is 0 Å². The molecule has 144 valence electrons. The SMILES string of the molecule is CCN1CCC[C@H]1CNC(=O)CCC1CCN(C2CCOCC2)CC1. The van der Waals surface area contributed by atoms with E-state index >= 15 is 0 Å². The van der Waals surface area contributed by atoms with Crippen LogP contribution < -0.4 is 5.32 Å². The van der Waals surface area contributed by atoms with Crippen molar-refractivity contribution in [1.82, 2.24) is 15.1 Å². The van der Waals surface area contributed by atoms with E-state index in [1.165, 1.54) is 58.2 Å². The van der Waals surface area contributed by atoms with Crippen LogP contribution in [0, 0.1) is 5.92 Å². The number of piperidine rings is 1. The molecule has 0 unspecified atom stereocenters. The first-order valence-electron chi connectivity index (χ1n) is 10.6. The molecule has 0 aromatic heterocycles. The van der Waals surface area contributed by atoms with Crippen molar-refractivity contribution in [2.24, 2.45) is 5.92 Å². The topological polar surface area (TPSA) is 44.8 Å². The number of rotatable bonds is 7. The quantitative estimate of drug-likeness (QED) is 0.764. The first-order valence-corrected chi connectivity index (χ1v) is 10.6. The minimum absolute atomic E-state index is 0.259. The van der Waals surface area contributed by atoms with Crippen LogP contribution in [-0.2, 0) is 9.53 Å². The smallest absolute Gasteiger partial charge is 0.220 e. The van der Waals surface area contributed by atoms with Crippen LogP contribution in [0.3, 0.4) is 0 Å². The Balaban J connectivity index is 1.28. The molecule has 0 aliphatic carbocycles. The van der Waals surface area contributed by atoms with Crippen molar-refractivity contribution in [2.75, 3.05) is 45.9 Å². The summed E-state index contributed by atoms with van der Waals surface area (Å²) in [6.07, 6.45) is 9.20. The Labute approximate surface area is 153 Å². The van der Waals surface area contributed by atoms with Gasteiger partial charge in [0, 0.05) is 38.3 Å². The summed E-state index contributed by atoms with van der Waals surface area (Å²) in [6.45, 7) is 9.65.